The van der Waals surface area contributed by atoms with Crippen LogP contribution in [-0.2, 0) is 15.9 Å². The Bertz CT molecular complexity index is 633. The van der Waals surface area contributed by atoms with Gasteiger partial charge in [0.15, 0.2) is 0 Å². The second-order valence-electron chi connectivity index (χ2n) is 6.67. The number of ether oxygens (including phenoxy) is 2. The lowest BCUT2D eigenvalue weighted by atomic mass is 9.94. The quantitative estimate of drug-likeness (QED) is 0.744. The minimum atomic E-state index is -0.293. The molecule has 3 heterocycles. The Hall–Kier alpha value is -2.29. The molecule has 26 heavy (non-hydrogen) atoms. The summed E-state index contributed by atoms with van der Waals surface area (Å²) in [6.45, 7) is 6.37. The van der Waals surface area contributed by atoms with Crippen molar-refractivity contribution >= 4 is 23.7 Å². The van der Waals surface area contributed by atoms with Gasteiger partial charge in [0.1, 0.15) is 18.2 Å². The van der Waals surface area contributed by atoms with Gasteiger partial charge in [-0.25, -0.2) is 4.79 Å². The summed E-state index contributed by atoms with van der Waals surface area (Å²) < 4.78 is 10.1. The van der Waals surface area contributed by atoms with E-state index in [1.807, 2.05) is 0 Å². The molecule has 1 unspecified atom stereocenters. The van der Waals surface area contributed by atoms with E-state index in [0.717, 1.165) is 36.6 Å². The molecule has 9 nitrogen and oxygen atoms in total. The third-order valence-electron chi connectivity index (χ3n) is 4.98. The van der Waals surface area contributed by atoms with Crippen molar-refractivity contribution in [2.45, 2.75) is 19.8 Å². The Balaban J connectivity index is 1.66. The number of carbonyl (C=O) groups is 1. The van der Waals surface area contributed by atoms with Crippen LogP contribution < -0.4 is 16.0 Å². The summed E-state index contributed by atoms with van der Waals surface area (Å²) in [6.07, 6.45) is 1.77. The molecular weight excluding hydrogens is 336 g/mol. The second-order valence-corrected chi connectivity index (χ2v) is 6.67. The number of piperazine rings is 1. The van der Waals surface area contributed by atoms with Crippen LogP contribution >= 0.6 is 0 Å². The van der Waals surface area contributed by atoms with Crippen molar-refractivity contribution in [2.24, 2.45) is 5.92 Å². The maximum Gasteiger partial charge on any atom is 0.409 e. The number of nitrogens with one attached hydrogen (secondary N) is 1. The van der Waals surface area contributed by atoms with Crippen molar-refractivity contribution in [3.63, 3.8) is 0 Å². The molecule has 1 aromatic rings. The first kappa shape index (κ1) is 18.5. The number of hydrogen-bond donors (Lipinski definition) is 2. The average molecular weight is 364 g/mol. The van der Waals surface area contributed by atoms with E-state index in [-0.39, 0.29) is 18.6 Å². The highest BCUT2D eigenvalue weighted by molar-refractivity contribution is 5.68. The lowest BCUT2D eigenvalue weighted by Crippen LogP contribution is -2.49. The van der Waals surface area contributed by atoms with Crippen molar-refractivity contribution in [1.82, 2.24) is 14.9 Å². The van der Waals surface area contributed by atoms with Gasteiger partial charge in [-0.1, -0.05) is 13.3 Å². The van der Waals surface area contributed by atoms with Gasteiger partial charge in [-0.3, -0.25) is 0 Å². The zero-order chi connectivity index (χ0) is 18.5. The molecule has 1 atom stereocenters. The van der Waals surface area contributed by atoms with Gasteiger partial charge in [-0.2, -0.15) is 9.97 Å². The lowest BCUT2D eigenvalue weighted by molar-refractivity contribution is 0.0705. The number of nitrogens with two attached hydrogens (primary N) is 1. The summed E-state index contributed by atoms with van der Waals surface area (Å²) in [5.74, 6) is 2.59. The summed E-state index contributed by atoms with van der Waals surface area (Å²) >= 11 is 0. The summed E-state index contributed by atoms with van der Waals surface area (Å²) in [5, 5.41) is 3.39. The minimum absolute atomic E-state index is 0.273. The predicted molar refractivity (Wildman–Crippen MR) is 99.4 cm³/mol. The molecule has 0 bridgehead atoms. The van der Waals surface area contributed by atoms with Gasteiger partial charge in [0.05, 0.1) is 6.61 Å². The molecule has 0 radical (unpaired) electrons. The Morgan fingerprint density at radius 1 is 1.27 bits per heavy atom. The minimum Gasteiger partial charge on any atom is -0.447 e. The van der Waals surface area contributed by atoms with Crippen LogP contribution in [0.5, 0.6) is 0 Å². The third-order valence-corrected chi connectivity index (χ3v) is 4.98. The van der Waals surface area contributed by atoms with Crippen molar-refractivity contribution < 1.29 is 14.3 Å². The fraction of sp³-hybridized carbons (Fsp3) is 0.706. The van der Waals surface area contributed by atoms with Gasteiger partial charge in [-0.15, -0.1) is 0 Å². The van der Waals surface area contributed by atoms with E-state index in [2.05, 4.69) is 27.1 Å². The largest absolute Gasteiger partial charge is 0.447 e. The molecule has 1 fully saturated rings. The van der Waals surface area contributed by atoms with Gasteiger partial charge in [0.2, 0.25) is 5.95 Å². The first-order valence-corrected chi connectivity index (χ1v) is 9.18. The van der Waals surface area contributed by atoms with Crippen LogP contribution in [0.1, 0.15) is 18.9 Å². The molecule has 0 spiro atoms. The van der Waals surface area contributed by atoms with E-state index in [0.29, 0.717) is 38.7 Å². The molecule has 0 aliphatic carbocycles. The molecular formula is C17H28N6O3. The molecule has 0 saturated carbocycles. The lowest BCUT2D eigenvalue weighted by Gasteiger charge is -2.37. The number of carbonyl (C=O) groups excluding carboxylic acids is 1. The van der Waals surface area contributed by atoms with Gasteiger partial charge in [0, 0.05) is 45.4 Å². The maximum atomic E-state index is 12.1. The van der Waals surface area contributed by atoms with Crippen molar-refractivity contribution in [1.29, 1.82) is 0 Å². The van der Waals surface area contributed by atoms with E-state index in [1.54, 1.807) is 12.0 Å². The number of fused-ring (bicyclic) bond motifs is 1. The fourth-order valence-electron chi connectivity index (χ4n) is 3.38. The first-order valence-electron chi connectivity index (χ1n) is 9.18. The van der Waals surface area contributed by atoms with Crippen LogP contribution in [0, 0.1) is 5.92 Å². The molecule has 3 N–H and O–H groups in total. The van der Waals surface area contributed by atoms with Gasteiger partial charge in [-0.05, 0) is 12.3 Å². The van der Waals surface area contributed by atoms with Crippen LogP contribution in [0.4, 0.5) is 22.4 Å². The van der Waals surface area contributed by atoms with Gasteiger partial charge >= 0.3 is 6.09 Å². The van der Waals surface area contributed by atoms with Crippen molar-refractivity contribution in [3.8, 4) is 0 Å². The van der Waals surface area contributed by atoms with Crippen molar-refractivity contribution in [2.75, 3.05) is 69.0 Å². The number of nitrogen functional groups attached to an aromatic ring is 1. The fourth-order valence-corrected chi connectivity index (χ4v) is 3.38. The SMILES string of the molecule is CCC1CNc2nc(N)nc(N3CCN(C(=O)OCCOC)CC3)c2C1. The number of aromatic nitrogens is 2. The number of rotatable bonds is 5. The number of nitrogens with zero attached hydrogens (tertiary/aromatic N) is 4. The Morgan fingerprint density at radius 2 is 2.04 bits per heavy atom. The second kappa shape index (κ2) is 8.39. The monoisotopic (exact) mass is 364 g/mol. The molecule has 3 rings (SSSR count). The zero-order valence-electron chi connectivity index (χ0n) is 15.5. The Kier molecular flexibility index (Phi) is 5.97. The molecule has 144 valence electrons. The molecule has 2 aliphatic heterocycles. The molecule has 0 aromatic carbocycles. The molecule has 1 aromatic heterocycles. The normalized spacial score (nSPS) is 19.7. The standard InChI is InChI=1S/C17H28N6O3/c1-3-12-10-13-14(19-11-12)20-16(18)21-15(13)22-4-6-23(7-5-22)17(24)26-9-8-25-2/h12H,3-11H2,1-2H3,(H3,18,19,20,21). The topological polar surface area (TPSA) is 106 Å². The molecule has 1 amide bonds. The van der Waals surface area contributed by atoms with E-state index in [9.17, 15) is 4.79 Å². The molecule has 2 aliphatic rings. The molecule has 9 heteroatoms. The number of anilines is 3. The highest BCUT2D eigenvalue weighted by Gasteiger charge is 2.28. The van der Waals surface area contributed by atoms with Crippen LogP contribution in [-0.4, -0.2) is 74.0 Å². The van der Waals surface area contributed by atoms with Crippen molar-refractivity contribution in [3.05, 3.63) is 5.56 Å². The molecule has 1 saturated heterocycles. The van der Waals surface area contributed by atoms with E-state index < -0.39 is 0 Å². The number of amides is 1. The highest BCUT2D eigenvalue weighted by Crippen LogP contribution is 2.32. The van der Waals surface area contributed by atoms with Gasteiger partial charge in [0.25, 0.3) is 0 Å². The van der Waals surface area contributed by atoms with Crippen LogP contribution in [0.3, 0.4) is 0 Å². The van der Waals surface area contributed by atoms with E-state index in [4.69, 9.17) is 15.2 Å². The van der Waals surface area contributed by atoms with E-state index in [1.165, 1.54) is 0 Å². The highest BCUT2D eigenvalue weighted by atomic mass is 16.6. The summed E-state index contributed by atoms with van der Waals surface area (Å²) in [4.78, 5) is 24.8. The smallest absolute Gasteiger partial charge is 0.409 e. The first-order chi connectivity index (χ1) is 12.6. The predicted octanol–water partition coefficient (Wildman–Crippen LogP) is 0.958. The summed E-state index contributed by atoms with van der Waals surface area (Å²) in [5.41, 5.74) is 7.05. The zero-order valence-corrected chi connectivity index (χ0v) is 15.5. The number of methoxy groups -OCH3 is 1. The maximum absolute atomic E-state index is 12.1. The Labute approximate surface area is 153 Å². The summed E-state index contributed by atoms with van der Waals surface area (Å²) in [7, 11) is 1.58. The van der Waals surface area contributed by atoms with Crippen LogP contribution in [0.2, 0.25) is 0 Å². The average Bonchev–Trinajstić information content (AvgIpc) is 2.67. The third kappa shape index (κ3) is 4.09. The van der Waals surface area contributed by atoms with Gasteiger partial charge < -0.3 is 30.3 Å². The van der Waals surface area contributed by atoms with E-state index >= 15 is 0 Å². The Morgan fingerprint density at radius 3 is 2.73 bits per heavy atom. The summed E-state index contributed by atoms with van der Waals surface area (Å²) in [6, 6.07) is 0. The van der Waals surface area contributed by atoms with Crippen LogP contribution in [0.15, 0.2) is 0 Å². The van der Waals surface area contributed by atoms with Crippen LogP contribution in [0.25, 0.3) is 0 Å². The number of hydrogen-bond acceptors (Lipinski definition) is 8.